The van der Waals surface area contributed by atoms with E-state index in [1.54, 1.807) is 12.1 Å². The van der Waals surface area contributed by atoms with Gasteiger partial charge in [0.15, 0.2) is 0 Å². The number of nitrogens with one attached hydrogen (secondary N) is 1. The molecule has 0 unspecified atom stereocenters. The molecule has 0 radical (unpaired) electrons. The van der Waals surface area contributed by atoms with Crippen molar-refractivity contribution in [3.8, 4) is 5.75 Å². The average Bonchev–Trinajstić information content (AvgIpc) is 3.21. The van der Waals surface area contributed by atoms with Gasteiger partial charge in [0, 0.05) is 6.04 Å². The lowest BCUT2D eigenvalue weighted by Gasteiger charge is -2.08. The minimum atomic E-state index is -3.40. The van der Waals surface area contributed by atoms with Crippen LogP contribution in [0.5, 0.6) is 5.75 Å². The molecule has 3 rings (SSSR count). The molecule has 1 aliphatic carbocycles. The van der Waals surface area contributed by atoms with Gasteiger partial charge in [-0.15, -0.1) is 0 Å². The number of fused-ring (bicyclic) bond motifs is 1. The molecule has 0 amide bonds. The fourth-order valence-electron chi connectivity index (χ4n) is 2.12. The maximum atomic E-state index is 12.2. The van der Waals surface area contributed by atoms with Crippen LogP contribution in [0.4, 0.5) is 0 Å². The molecule has 0 aliphatic heterocycles. The Kier molecular flexibility index (Phi) is 3.40. The predicted molar refractivity (Wildman–Crippen MR) is 78.5 cm³/mol. The monoisotopic (exact) mass is 291 g/mol. The highest BCUT2D eigenvalue weighted by molar-refractivity contribution is 7.89. The summed E-state index contributed by atoms with van der Waals surface area (Å²) in [6.45, 7) is 2.51. The number of hydrogen-bond acceptors (Lipinski definition) is 3. The van der Waals surface area contributed by atoms with E-state index in [1.165, 1.54) is 0 Å². The summed E-state index contributed by atoms with van der Waals surface area (Å²) >= 11 is 0. The summed E-state index contributed by atoms with van der Waals surface area (Å²) in [5, 5.41) is 1.87. The second-order valence-corrected chi connectivity index (χ2v) is 6.71. The van der Waals surface area contributed by atoms with Gasteiger partial charge in [-0.2, -0.15) is 0 Å². The quantitative estimate of drug-likeness (QED) is 0.921. The molecule has 106 valence electrons. The lowest BCUT2D eigenvalue weighted by Crippen LogP contribution is -2.25. The SMILES string of the molecule is CCOc1ccc2ccc(S(=O)(=O)NC3CC3)cc2c1. The molecule has 0 heterocycles. The van der Waals surface area contributed by atoms with Crippen LogP contribution in [0.15, 0.2) is 41.3 Å². The number of hydrogen-bond donors (Lipinski definition) is 1. The average molecular weight is 291 g/mol. The molecule has 0 atom stereocenters. The Morgan fingerprint density at radius 3 is 2.60 bits per heavy atom. The summed E-state index contributed by atoms with van der Waals surface area (Å²) in [6, 6.07) is 11.0. The first kappa shape index (κ1) is 13.4. The minimum absolute atomic E-state index is 0.116. The zero-order chi connectivity index (χ0) is 14.2. The van der Waals surface area contributed by atoms with Gasteiger partial charge in [0.25, 0.3) is 0 Å². The van der Waals surface area contributed by atoms with Crippen LogP contribution in [0.2, 0.25) is 0 Å². The maximum Gasteiger partial charge on any atom is 0.240 e. The topological polar surface area (TPSA) is 55.4 Å². The molecule has 0 saturated heterocycles. The van der Waals surface area contributed by atoms with Crippen molar-refractivity contribution >= 4 is 20.8 Å². The van der Waals surface area contributed by atoms with Crippen LogP contribution in [0.1, 0.15) is 19.8 Å². The molecule has 0 bridgehead atoms. The van der Waals surface area contributed by atoms with Crippen LogP contribution in [0.25, 0.3) is 10.8 Å². The Morgan fingerprint density at radius 1 is 1.15 bits per heavy atom. The number of benzene rings is 2. The van der Waals surface area contributed by atoms with Gasteiger partial charge in [-0.05, 0) is 54.8 Å². The largest absolute Gasteiger partial charge is 0.494 e. The van der Waals surface area contributed by atoms with Gasteiger partial charge >= 0.3 is 0 Å². The van der Waals surface area contributed by atoms with Gasteiger partial charge < -0.3 is 4.74 Å². The smallest absolute Gasteiger partial charge is 0.240 e. The second-order valence-electron chi connectivity index (χ2n) is 5.00. The highest BCUT2D eigenvalue weighted by atomic mass is 32.2. The fourth-order valence-corrected chi connectivity index (χ4v) is 3.46. The summed E-state index contributed by atoms with van der Waals surface area (Å²) in [4.78, 5) is 0.311. The normalized spacial score (nSPS) is 15.4. The first-order valence-corrected chi connectivity index (χ1v) is 8.26. The van der Waals surface area contributed by atoms with Crippen molar-refractivity contribution in [1.82, 2.24) is 4.72 Å². The standard InChI is InChI=1S/C15H17NO3S/c1-2-19-14-7-3-11-4-8-15(10-12(11)9-14)20(17,18)16-13-5-6-13/h3-4,7-10,13,16H,2,5-6H2,1H3. The van der Waals surface area contributed by atoms with Crippen LogP contribution in [-0.4, -0.2) is 21.1 Å². The summed E-state index contributed by atoms with van der Waals surface area (Å²) in [7, 11) is -3.40. The molecule has 20 heavy (non-hydrogen) atoms. The van der Waals surface area contributed by atoms with E-state index in [1.807, 2.05) is 31.2 Å². The van der Waals surface area contributed by atoms with Gasteiger partial charge in [-0.1, -0.05) is 12.1 Å². The van der Waals surface area contributed by atoms with Gasteiger partial charge in [0.1, 0.15) is 5.75 Å². The van der Waals surface area contributed by atoms with Crippen molar-refractivity contribution in [2.45, 2.75) is 30.7 Å². The zero-order valence-corrected chi connectivity index (χ0v) is 12.1. The molecule has 1 saturated carbocycles. The summed E-state index contributed by atoms with van der Waals surface area (Å²) in [5.41, 5.74) is 0. The molecule has 2 aromatic carbocycles. The Hall–Kier alpha value is -1.59. The molecule has 1 fully saturated rings. The van der Waals surface area contributed by atoms with Crippen LogP contribution >= 0.6 is 0 Å². The molecule has 0 spiro atoms. The van der Waals surface area contributed by atoms with Gasteiger partial charge in [-0.3, -0.25) is 0 Å². The molecule has 1 N–H and O–H groups in total. The van der Waals surface area contributed by atoms with Crippen molar-refractivity contribution in [3.63, 3.8) is 0 Å². The molecule has 0 aromatic heterocycles. The van der Waals surface area contributed by atoms with E-state index >= 15 is 0 Å². The minimum Gasteiger partial charge on any atom is -0.494 e. The molecular weight excluding hydrogens is 274 g/mol. The van der Waals surface area contributed by atoms with E-state index in [9.17, 15) is 8.42 Å². The molecule has 2 aromatic rings. The predicted octanol–water partition coefficient (Wildman–Crippen LogP) is 2.68. The van der Waals surface area contributed by atoms with E-state index in [2.05, 4.69) is 4.72 Å². The second kappa shape index (κ2) is 5.07. The third-order valence-electron chi connectivity index (χ3n) is 3.30. The van der Waals surface area contributed by atoms with Crippen molar-refractivity contribution in [1.29, 1.82) is 0 Å². The lowest BCUT2D eigenvalue weighted by atomic mass is 10.1. The number of rotatable bonds is 5. The van der Waals surface area contributed by atoms with Crippen LogP contribution in [0, 0.1) is 0 Å². The number of sulfonamides is 1. The summed E-state index contributed by atoms with van der Waals surface area (Å²) < 4.78 is 32.5. The van der Waals surface area contributed by atoms with E-state index in [-0.39, 0.29) is 6.04 Å². The highest BCUT2D eigenvalue weighted by Crippen LogP contribution is 2.26. The van der Waals surface area contributed by atoms with E-state index in [4.69, 9.17) is 4.74 Å². The first-order valence-electron chi connectivity index (χ1n) is 6.77. The Labute approximate surface area is 118 Å². The van der Waals surface area contributed by atoms with Crippen LogP contribution in [-0.2, 0) is 10.0 Å². The van der Waals surface area contributed by atoms with Gasteiger partial charge in [0.2, 0.25) is 10.0 Å². The summed E-state index contributed by atoms with van der Waals surface area (Å²) in [6.07, 6.45) is 1.86. The first-order chi connectivity index (χ1) is 9.58. The van der Waals surface area contributed by atoms with Crippen LogP contribution < -0.4 is 9.46 Å². The lowest BCUT2D eigenvalue weighted by molar-refractivity contribution is 0.341. The van der Waals surface area contributed by atoms with E-state index in [0.29, 0.717) is 11.5 Å². The third kappa shape index (κ3) is 2.78. The van der Waals surface area contributed by atoms with Crippen LogP contribution in [0.3, 0.4) is 0 Å². The highest BCUT2D eigenvalue weighted by Gasteiger charge is 2.27. The Bertz CT molecular complexity index is 736. The van der Waals surface area contributed by atoms with Crippen molar-refractivity contribution in [2.24, 2.45) is 0 Å². The van der Waals surface area contributed by atoms with Crippen molar-refractivity contribution < 1.29 is 13.2 Å². The van der Waals surface area contributed by atoms with E-state index in [0.717, 1.165) is 29.4 Å². The van der Waals surface area contributed by atoms with E-state index < -0.39 is 10.0 Å². The molecule has 1 aliphatic rings. The van der Waals surface area contributed by atoms with Gasteiger partial charge in [0.05, 0.1) is 11.5 Å². The number of ether oxygens (including phenoxy) is 1. The van der Waals surface area contributed by atoms with Crippen molar-refractivity contribution in [3.05, 3.63) is 36.4 Å². The Balaban J connectivity index is 1.99. The third-order valence-corrected chi connectivity index (χ3v) is 4.82. The fraction of sp³-hybridized carbons (Fsp3) is 0.333. The molecule has 5 heteroatoms. The van der Waals surface area contributed by atoms with Gasteiger partial charge in [-0.25, -0.2) is 13.1 Å². The Morgan fingerprint density at radius 2 is 1.90 bits per heavy atom. The maximum absolute atomic E-state index is 12.2. The molecule has 4 nitrogen and oxygen atoms in total. The zero-order valence-electron chi connectivity index (χ0n) is 11.3. The van der Waals surface area contributed by atoms with Crippen molar-refractivity contribution in [2.75, 3.05) is 6.61 Å². The molecular formula is C15H17NO3S. The summed E-state index contributed by atoms with van der Waals surface area (Å²) in [5.74, 6) is 0.754.